The molecule has 0 spiro atoms. The minimum absolute atomic E-state index is 0.00313. The summed E-state index contributed by atoms with van der Waals surface area (Å²) in [5.41, 5.74) is 0. The van der Waals surface area contributed by atoms with Gasteiger partial charge in [0.1, 0.15) is 153 Å². The maximum absolute atomic E-state index is 11.8. The van der Waals surface area contributed by atoms with E-state index in [1.807, 2.05) is 0 Å². The third-order valence-corrected chi connectivity index (χ3v) is 14.5. The highest BCUT2D eigenvalue weighted by molar-refractivity contribution is 5.68. The number of aliphatic hydroxyl groups is 5. The molecule has 26 nitrogen and oxygen atoms in total. The Morgan fingerprint density at radius 2 is 0.578 bits per heavy atom. The first-order chi connectivity index (χ1) is 31.1. The number of hydrogen-bond donors (Lipinski definition) is 6. The molecule has 0 amide bonds. The standard InChI is InChI=1S/C38H50O26/c39-14(40)7-52-32-31-25-13(6-51-31)58-38(32)64-24-12-5-50-30(24)19(45)36(57-12)62-22-10-3-48-28(22)17(43)34(55-10)60-20-8-1-46-26(20)15(41)33(53-8)59-21-9-2-47-27(21)16(42)35(54-9)61-23-11-4-49-29(23)18(44)37(56-11)63-25/h8-13,15-38,41-45H,1-7H2,(H,39,40). The molecule has 30 unspecified atom stereocenters. The molecule has 30 aliphatic rings. The Morgan fingerprint density at radius 3 is 0.859 bits per heavy atom. The van der Waals surface area contributed by atoms with Gasteiger partial charge >= 0.3 is 5.97 Å². The number of rotatable bonds is 3. The number of carbonyl (C=O) groups is 1. The second kappa shape index (κ2) is 16.3. The number of ether oxygens (including phenoxy) is 19. The van der Waals surface area contributed by atoms with Crippen LogP contribution in [0.25, 0.3) is 0 Å². The minimum atomic E-state index is -1.42. The van der Waals surface area contributed by atoms with Crippen LogP contribution in [0.15, 0.2) is 0 Å². The molecule has 30 atom stereocenters. The monoisotopic (exact) mass is 922 g/mol. The quantitative estimate of drug-likeness (QED) is 0.153. The molecular weight excluding hydrogens is 872 g/mol. The van der Waals surface area contributed by atoms with Crippen molar-refractivity contribution < 1.29 is 125 Å². The lowest BCUT2D eigenvalue weighted by molar-refractivity contribution is -0.368. The SMILES string of the molecule is O=C(O)COC1C2OC3COC1C3OC1OC3COC(C1O)C3OC1OC3COC(C1O)C3OC1OC3COC(C1O)C3OC1OC3COC(C1O)C3OC1OC3COC(C1O)C3O2. The molecule has 358 valence electrons. The number of carboxylic acid groups (broad SMARTS) is 1. The summed E-state index contributed by atoms with van der Waals surface area (Å²) in [6.07, 6.45) is -31.9. The predicted octanol–water partition coefficient (Wildman–Crippen LogP) is -6.67. The topological polar surface area (TPSA) is 314 Å². The molecule has 26 heteroatoms. The van der Waals surface area contributed by atoms with Crippen LogP contribution >= 0.6 is 0 Å². The number of aliphatic hydroxyl groups excluding tert-OH is 5. The Labute approximate surface area is 361 Å². The minimum Gasteiger partial charge on any atom is -0.480 e. The highest BCUT2D eigenvalue weighted by Crippen LogP contribution is 2.45. The van der Waals surface area contributed by atoms with E-state index >= 15 is 0 Å². The second-order valence-corrected chi connectivity index (χ2v) is 18.3. The van der Waals surface area contributed by atoms with Gasteiger partial charge in [0.25, 0.3) is 0 Å². The van der Waals surface area contributed by atoms with Crippen LogP contribution in [0.3, 0.4) is 0 Å². The Balaban J connectivity index is 0.778. The van der Waals surface area contributed by atoms with E-state index in [1.54, 1.807) is 0 Å². The van der Waals surface area contributed by atoms with Crippen LogP contribution in [0.2, 0.25) is 0 Å². The largest absolute Gasteiger partial charge is 0.480 e. The van der Waals surface area contributed by atoms with Crippen LogP contribution in [0.5, 0.6) is 0 Å². The molecule has 30 heterocycles. The summed E-state index contributed by atoms with van der Waals surface area (Å²) in [6.45, 7) is -0.680. The molecule has 0 aromatic rings. The van der Waals surface area contributed by atoms with Crippen molar-refractivity contribution in [2.75, 3.05) is 46.2 Å². The van der Waals surface area contributed by atoms with Crippen LogP contribution in [0.1, 0.15) is 0 Å². The van der Waals surface area contributed by atoms with E-state index in [9.17, 15) is 35.4 Å². The van der Waals surface area contributed by atoms with Gasteiger partial charge in [0.15, 0.2) is 37.7 Å². The molecule has 6 N–H and O–H groups in total. The lowest BCUT2D eigenvalue weighted by Gasteiger charge is -2.47. The summed E-state index contributed by atoms with van der Waals surface area (Å²) in [6, 6.07) is 0. The van der Waals surface area contributed by atoms with Crippen LogP contribution in [-0.2, 0) is 94.8 Å². The van der Waals surface area contributed by atoms with Gasteiger partial charge in [-0.2, -0.15) is 0 Å². The summed E-state index contributed by atoms with van der Waals surface area (Å²) >= 11 is 0. The molecule has 0 aromatic carbocycles. The molecule has 0 aliphatic carbocycles. The van der Waals surface area contributed by atoms with Crippen molar-refractivity contribution in [1.82, 2.24) is 0 Å². The van der Waals surface area contributed by atoms with Crippen molar-refractivity contribution in [3.05, 3.63) is 0 Å². The van der Waals surface area contributed by atoms with Gasteiger partial charge in [0, 0.05) is 0 Å². The number of hydrogen-bond acceptors (Lipinski definition) is 25. The predicted molar refractivity (Wildman–Crippen MR) is 187 cm³/mol. The van der Waals surface area contributed by atoms with Crippen LogP contribution < -0.4 is 0 Å². The van der Waals surface area contributed by atoms with Gasteiger partial charge < -0.3 is 121 Å². The lowest BCUT2D eigenvalue weighted by atomic mass is 9.97. The zero-order chi connectivity index (χ0) is 43.3. The highest BCUT2D eigenvalue weighted by Gasteiger charge is 2.64. The van der Waals surface area contributed by atoms with Crippen molar-refractivity contribution in [1.29, 1.82) is 0 Å². The van der Waals surface area contributed by atoms with Crippen molar-refractivity contribution in [3.63, 3.8) is 0 Å². The van der Waals surface area contributed by atoms with Crippen LogP contribution in [0.4, 0.5) is 0 Å². The molecule has 30 aliphatic heterocycles. The molecule has 0 aromatic heterocycles. The molecule has 30 saturated heterocycles. The van der Waals surface area contributed by atoms with E-state index in [1.165, 1.54) is 0 Å². The fourth-order valence-corrected chi connectivity index (χ4v) is 11.5. The van der Waals surface area contributed by atoms with Crippen molar-refractivity contribution >= 4 is 5.97 Å². The zero-order valence-corrected chi connectivity index (χ0v) is 33.6. The third-order valence-electron chi connectivity index (χ3n) is 14.5. The first-order valence-electron chi connectivity index (χ1n) is 21.8. The molecular formula is C38H50O26. The summed E-state index contributed by atoms with van der Waals surface area (Å²) in [7, 11) is 0. The second-order valence-electron chi connectivity index (χ2n) is 18.3. The van der Waals surface area contributed by atoms with Gasteiger partial charge in [-0.15, -0.1) is 0 Å². The average Bonchev–Trinajstić information content (AvgIpc) is 4.08. The van der Waals surface area contributed by atoms with Gasteiger partial charge in [-0.3, -0.25) is 0 Å². The molecule has 30 rings (SSSR count). The van der Waals surface area contributed by atoms with E-state index in [-0.39, 0.29) is 39.6 Å². The Morgan fingerprint density at radius 1 is 0.344 bits per heavy atom. The highest BCUT2D eigenvalue weighted by atomic mass is 16.8. The van der Waals surface area contributed by atoms with E-state index in [0.717, 1.165) is 0 Å². The number of carboxylic acids is 1. The van der Waals surface area contributed by atoms with Crippen LogP contribution in [-0.4, -0.2) is 267 Å². The van der Waals surface area contributed by atoms with Gasteiger partial charge in [0.05, 0.1) is 39.6 Å². The lowest BCUT2D eigenvalue weighted by Crippen LogP contribution is -2.65. The van der Waals surface area contributed by atoms with Crippen molar-refractivity contribution in [2.24, 2.45) is 0 Å². The van der Waals surface area contributed by atoms with Gasteiger partial charge in [-0.05, 0) is 0 Å². The van der Waals surface area contributed by atoms with E-state index in [4.69, 9.17) is 90.0 Å². The Hall–Kier alpha value is -1.49. The number of aliphatic carboxylic acids is 1. The van der Waals surface area contributed by atoms with E-state index in [0.29, 0.717) is 0 Å². The average molecular weight is 923 g/mol. The Bertz CT molecular complexity index is 1750. The summed E-state index contributed by atoms with van der Waals surface area (Å²) in [5, 5.41) is 67.3. The fraction of sp³-hybridized carbons (Fsp3) is 0.974. The van der Waals surface area contributed by atoms with E-state index < -0.39 is 197 Å². The maximum atomic E-state index is 11.8. The molecule has 0 radical (unpaired) electrons. The smallest absolute Gasteiger partial charge is 0.329 e. The summed E-state index contributed by atoms with van der Waals surface area (Å²) < 4.78 is 116. The fourth-order valence-electron chi connectivity index (χ4n) is 11.5. The van der Waals surface area contributed by atoms with Gasteiger partial charge in [-0.25, -0.2) is 4.79 Å². The first-order valence-corrected chi connectivity index (χ1v) is 21.8. The van der Waals surface area contributed by atoms with Gasteiger partial charge in [0.2, 0.25) is 0 Å². The van der Waals surface area contributed by atoms with Gasteiger partial charge in [-0.1, -0.05) is 0 Å². The molecule has 24 bridgehead atoms. The van der Waals surface area contributed by atoms with E-state index in [2.05, 4.69) is 0 Å². The summed E-state index contributed by atoms with van der Waals surface area (Å²) in [4.78, 5) is 11.8. The summed E-state index contributed by atoms with van der Waals surface area (Å²) in [5.74, 6) is -1.27. The van der Waals surface area contributed by atoms with Crippen molar-refractivity contribution in [2.45, 2.75) is 184 Å². The van der Waals surface area contributed by atoms with Crippen LogP contribution in [0, 0.1) is 0 Å². The first kappa shape index (κ1) is 42.6. The molecule has 0 saturated carbocycles. The molecule has 64 heavy (non-hydrogen) atoms. The zero-order valence-electron chi connectivity index (χ0n) is 33.6. The normalized spacial score (nSPS) is 60.6. The third kappa shape index (κ3) is 6.80. The maximum Gasteiger partial charge on any atom is 0.329 e. The Kier molecular flexibility index (Phi) is 10.9. The molecule has 30 fully saturated rings. The van der Waals surface area contributed by atoms with Crippen molar-refractivity contribution in [3.8, 4) is 0 Å².